The molecule has 4 rings (SSSR count). The van der Waals surface area contributed by atoms with Crippen LogP contribution >= 0.6 is 0 Å². The minimum absolute atomic E-state index is 0.0925. The maximum absolute atomic E-state index is 12.0. The van der Waals surface area contributed by atoms with Gasteiger partial charge >= 0.3 is 0 Å². The molecule has 0 bridgehead atoms. The number of hydrogen-bond donors (Lipinski definition) is 2. The summed E-state index contributed by atoms with van der Waals surface area (Å²) in [5.41, 5.74) is 6.33. The Kier molecular flexibility index (Phi) is 3.43. The van der Waals surface area contributed by atoms with E-state index in [1.165, 1.54) is 0 Å². The van der Waals surface area contributed by atoms with Crippen molar-refractivity contribution in [3.63, 3.8) is 0 Å². The molecule has 1 aliphatic heterocycles. The third kappa shape index (κ3) is 2.49. The Morgan fingerprint density at radius 2 is 2.04 bits per heavy atom. The lowest BCUT2D eigenvalue weighted by Crippen LogP contribution is -2.34. The third-order valence-electron chi connectivity index (χ3n) is 4.44. The summed E-state index contributed by atoms with van der Waals surface area (Å²) in [5, 5.41) is 3.97. The maximum atomic E-state index is 12.0. The molecule has 0 spiro atoms. The summed E-state index contributed by atoms with van der Waals surface area (Å²) in [6, 6.07) is 6.69. The van der Waals surface area contributed by atoms with Gasteiger partial charge in [-0.15, -0.1) is 0 Å². The van der Waals surface area contributed by atoms with Gasteiger partial charge in [0.05, 0.1) is 10.4 Å². The average Bonchev–Trinajstić information content (AvgIpc) is 3.26. The Labute approximate surface area is 139 Å². The Morgan fingerprint density at radius 3 is 2.83 bits per heavy atom. The van der Waals surface area contributed by atoms with Crippen LogP contribution in [0.25, 0.3) is 0 Å². The van der Waals surface area contributed by atoms with E-state index in [1.807, 2.05) is 0 Å². The molecule has 1 aromatic carbocycles. The molecule has 0 radical (unpaired) electrons. The molecule has 3 N–H and O–H groups in total. The fourth-order valence-electron chi connectivity index (χ4n) is 3.15. The molecular weight excluding hydrogens is 330 g/mol. The number of aliphatic imine (C=N–C) groups is 1. The number of amidine groups is 1. The molecular formula is C15H17N5O3S. The highest BCUT2D eigenvalue weighted by Gasteiger charge is 2.36. The normalized spacial score (nSPS) is 22.5. The number of rotatable bonds is 3. The van der Waals surface area contributed by atoms with E-state index in [-0.39, 0.29) is 17.3 Å². The monoisotopic (exact) mass is 347 g/mol. The van der Waals surface area contributed by atoms with Gasteiger partial charge in [0.2, 0.25) is 5.89 Å². The Hall–Kier alpha value is -2.26. The second-order valence-corrected chi connectivity index (χ2v) is 7.79. The van der Waals surface area contributed by atoms with Crippen molar-refractivity contribution in [2.75, 3.05) is 0 Å². The van der Waals surface area contributed by atoms with Crippen LogP contribution in [0.4, 0.5) is 0 Å². The molecule has 126 valence electrons. The van der Waals surface area contributed by atoms with Gasteiger partial charge in [0.25, 0.3) is 10.0 Å². The summed E-state index contributed by atoms with van der Waals surface area (Å²) in [7, 11) is -3.54. The van der Waals surface area contributed by atoms with Gasteiger partial charge in [-0.2, -0.15) is 4.98 Å². The molecule has 1 aliphatic carbocycles. The quantitative estimate of drug-likeness (QED) is 0.855. The van der Waals surface area contributed by atoms with Crippen LogP contribution in [0.5, 0.6) is 0 Å². The molecule has 0 unspecified atom stereocenters. The number of benzene rings is 1. The molecule has 0 amide bonds. The number of nitrogens with zero attached hydrogens (tertiary/aromatic N) is 3. The lowest BCUT2D eigenvalue weighted by atomic mass is 9.99. The highest BCUT2D eigenvalue weighted by Crippen LogP contribution is 2.34. The van der Waals surface area contributed by atoms with E-state index < -0.39 is 15.6 Å². The molecule has 2 heterocycles. The first-order chi connectivity index (χ1) is 11.5. The summed E-state index contributed by atoms with van der Waals surface area (Å²) in [6.45, 7) is 0.0925. The molecule has 8 nitrogen and oxygen atoms in total. The highest BCUT2D eigenvalue weighted by atomic mass is 32.2. The van der Waals surface area contributed by atoms with Crippen LogP contribution in [-0.2, 0) is 22.1 Å². The summed E-state index contributed by atoms with van der Waals surface area (Å²) in [4.78, 5) is 8.84. The Bertz CT molecular complexity index is 913. The molecule has 9 heteroatoms. The number of fused-ring (bicyclic) bond motifs is 1. The molecule has 24 heavy (non-hydrogen) atoms. The number of nitrogens with one attached hydrogen (secondary N) is 1. The predicted octanol–water partition coefficient (Wildman–Crippen LogP) is 1.04. The smallest absolute Gasteiger partial charge is 0.263 e. The van der Waals surface area contributed by atoms with Crippen molar-refractivity contribution in [1.82, 2.24) is 14.9 Å². The van der Waals surface area contributed by atoms with Gasteiger partial charge < -0.3 is 10.3 Å². The van der Waals surface area contributed by atoms with Gasteiger partial charge in [0.1, 0.15) is 12.4 Å². The summed E-state index contributed by atoms with van der Waals surface area (Å²) in [5.74, 6) is 1.11. The molecule has 1 saturated carbocycles. The standard InChI is InChI=1S/C15H17N5O3S/c16-15(7-3-4-8-15)14-18-12(23-19-14)9-17-13-10-5-1-2-6-11(10)24(21,22)20-13/h1-2,5-6H,3-4,7-9,16H2,(H,17,20). The zero-order chi connectivity index (χ0) is 16.8. The van der Waals surface area contributed by atoms with Crippen LogP contribution in [0.15, 0.2) is 38.7 Å². The van der Waals surface area contributed by atoms with E-state index >= 15 is 0 Å². The van der Waals surface area contributed by atoms with Crippen molar-refractivity contribution in [2.45, 2.75) is 42.7 Å². The fraction of sp³-hybridized carbons (Fsp3) is 0.400. The Balaban J connectivity index is 1.58. The lowest BCUT2D eigenvalue weighted by molar-refractivity contribution is 0.349. The summed E-state index contributed by atoms with van der Waals surface area (Å²) < 4.78 is 31.7. The second-order valence-electron chi connectivity index (χ2n) is 6.14. The van der Waals surface area contributed by atoms with Crippen LogP contribution in [0.1, 0.15) is 43.0 Å². The van der Waals surface area contributed by atoms with Crippen LogP contribution in [-0.4, -0.2) is 24.4 Å². The first kappa shape index (κ1) is 15.3. The number of nitrogens with two attached hydrogens (primary N) is 1. The zero-order valence-electron chi connectivity index (χ0n) is 12.9. The van der Waals surface area contributed by atoms with E-state index in [9.17, 15) is 8.42 Å². The van der Waals surface area contributed by atoms with E-state index in [2.05, 4.69) is 19.9 Å². The largest absolute Gasteiger partial charge is 0.337 e. The van der Waals surface area contributed by atoms with Crippen molar-refractivity contribution in [2.24, 2.45) is 10.7 Å². The fourth-order valence-corrected chi connectivity index (χ4v) is 4.40. The highest BCUT2D eigenvalue weighted by molar-refractivity contribution is 7.90. The number of aromatic nitrogens is 2. The maximum Gasteiger partial charge on any atom is 0.263 e. The van der Waals surface area contributed by atoms with Crippen molar-refractivity contribution < 1.29 is 12.9 Å². The van der Waals surface area contributed by atoms with Gasteiger partial charge in [-0.1, -0.05) is 30.1 Å². The second kappa shape index (κ2) is 5.38. The van der Waals surface area contributed by atoms with Crippen LogP contribution in [0.3, 0.4) is 0 Å². The van der Waals surface area contributed by atoms with Crippen LogP contribution < -0.4 is 10.5 Å². The predicted molar refractivity (Wildman–Crippen MR) is 85.6 cm³/mol. The van der Waals surface area contributed by atoms with Gasteiger partial charge in [0.15, 0.2) is 5.82 Å². The molecule has 1 fully saturated rings. The third-order valence-corrected chi connectivity index (χ3v) is 5.84. The van der Waals surface area contributed by atoms with E-state index in [4.69, 9.17) is 10.3 Å². The summed E-state index contributed by atoms with van der Waals surface area (Å²) in [6.07, 6.45) is 3.80. The number of sulfonamides is 1. The first-order valence-corrected chi connectivity index (χ1v) is 9.25. The zero-order valence-corrected chi connectivity index (χ0v) is 13.7. The summed E-state index contributed by atoms with van der Waals surface area (Å²) >= 11 is 0. The molecule has 0 atom stereocenters. The Morgan fingerprint density at radius 1 is 1.29 bits per heavy atom. The molecule has 1 aromatic heterocycles. The van der Waals surface area contributed by atoms with Crippen molar-refractivity contribution in [3.8, 4) is 0 Å². The van der Waals surface area contributed by atoms with Crippen molar-refractivity contribution in [1.29, 1.82) is 0 Å². The van der Waals surface area contributed by atoms with Gasteiger partial charge in [-0.3, -0.25) is 9.71 Å². The van der Waals surface area contributed by atoms with Gasteiger partial charge in [-0.05, 0) is 25.0 Å². The molecule has 2 aliphatic rings. The molecule has 2 aromatic rings. The SMILES string of the molecule is NC1(c2noc(CN=C3NS(=O)(=O)c4ccccc43)n2)CCCC1. The van der Waals surface area contributed by atoms with E-state index in [0.29, 0.717) is 17.3 Å². The first-order valence-electron chi connectivity index (χ1n) is 7.77. The van der Waals surface area contributed by atoms with E-state index in [1.54, 1.807) is 24.3 Å². The minimum atomic E-state index is -3.54. The van der Waals surface area contributed by atoms with E-state index in [0.717, 1.165) is 25.7 Å². The van der Waals surface area contributed by atoms with Crippen LogP contribution in [0.2, 0.25) is 0 Å². The van der Waals surface area contributed by atoms with Crippen molar-refractivity contribution >= 4 is 15.9 Å². The van der Waals surface area contributed by atoms with Gasteiger partial charge in [-0.25, -0.2) is 8.42 Å². The number of hydrogen-bond acceptors (Lipinski definition) is 7. The lowest BCUT2D eigenvalue weighted by Gasteiger charge is -2.17. The topological polar surface area (TPSA) is 123 Å². The van der Waals surface area contributed by atoms with Crippen LogP contribution in [0, 0.1) is 0 Å². The van der Waals surface area contributed by atoms with Crippen molar-refractivity contribution in [3.05, 3.63) is 41.5 Å². The molecule has 0 saturated heterocycles. The van der Waals surface area contributed by atoms with Gasteiger partial charge in [0, 0.05) is 5.56 Å². The average molecular weight is 347 g/mol. The minimum Gasteiger partial charge on any atom is -0.337 e.